The number of anilines is 1. The highest BCUT2D eigenvalue weighted by atomic mass is 19.1. The van der Waals surface area contributed by atoms with Gasteiger partial charge >= 0.3 is 0 Å². The molecule has 28 heavy (non-hydrogen) atoms. The average molecular weight is 378 g/mol. The minimum absolute atomic E-state index is 0.0973. The lowest BCUT2D eigenvalue weighted by molar-refractivity contribution is 0.0908. The zero-order valence-corrected chi connectivity index (χ0v) is 16.2. The molecule has 3 nitrogen and oxygen atoms in total. The van der Waals surface area contributed by atoms with E-state index in [4.69, 9.17) is 0 Å². The van der Waals surface area contributed by atoms with Gasteiger partial charge in [-0.2, -0.15) is 0 Å². The maximum atomic E-state index is 13.2. The van der Waals surface area contributed by atoms with E-state index in [1.54, 1.807) is 12.1 Å². The molecule has 5 rings (SSSR count). The molecule has 2 aliphatic carbocycles. The highest BCUT2D eigenvalue weighted by Gasteiger charge is 2.45. The number of rotatable bonds is 2. The Kier molecular flexibility index (Phi) is 4.47. The Labute approximate surface area is 166 Å². The van der Waals surface area contributed by atoms with E-state index in [0.29, 0.717) is 18.2 Å². The Hall–Kier alpha value is -2.20. The molecule has 1 saturated heterocycles. The summed E-state index contributed by atoms with van der Waals surface area (Å²) in [6.45, 7) is 4.11. The van der Waals surface area contributed by atoms with Gasteiger partial charge in [-0.15, -0.1) is 0 Å². The molecule has 0 atom stereocenters. The fourth-order valence-corrected chi connectivity index (χ4v) is 5.65. The molecule has 1 aliphatic heterocycles. The third kappa shape index (κ3) is 3.04. The Bertz CT molecular complexity index is 862. The molecular formula is C24H27FN2O. The van der Waals surface area contributed by atoms with E-state index in [2.05, 4.69) is 21.9 Å². The molecule has 1 spiro atoms. The molecule has 0 bridgehead atoms. The lowest BCUT2D eigenvalue weighted by Crippen LogP contribution is -2.52. The fraction of sp³-hybridized carbons (Fsp3) is 0.458. The van der Waals surface area contributed by atoms with Crippen molar-refractivity contribution in [1.82, 2.24) is 4.90 Å². The molecule has 146 valence electrons. The van der Waals surface area contributed by atoms with Crippen LogP contribution in [-0.4, -0.2) is 42.9 Å². The molecule has 0 amide bonds. The molecule has 4 heteroatoms. The summed E-state index contributed by atoms with van der Waals surface area (Å²) in [5.41, 5.74) is 3.48. The van der Waals surface area contributed by atoms with Crippen LogP contribution in [0.4, 0.5) is 10.1 Å². The number of carbonyl (C=O) groups excluding carboxylic acids is 1. The van der Waals surface area contributed by atoms with Crippen molar-refractivity contribution in [2.75, 3.05) is 31.1 Å². The smallest absolute Gasteiger partial charge is 0.164 e. The number of carbonyl (C=O) groups is 1. The van der Waals surface area contributed by atoms with Crippen molar-refractivity contribution in [1.29, 1.82) is 0 Å². The second kappa shape index (κ2) is 7.00. The monoisotopic (exact) mass is 378 g/mol. The molecule has 1 heterocycles. The average Bonchev–Trinajstić information content (AvgIpc) is 3.01. The van der Waals surface area contributed by atoms with E-state index in [1.165, 1.54) is 18.4 Å². The Morgan fingerprint density at radius 1 is 0.893 bits per heavy atom. The summed E-state index contributed by atoms with van der Waals surface area (Å²) in [6.07, 6.45) is 5.31. The van der Waals surface area contributed by atoms with E-state index in [0.717, 1.165) is 50.3 Å². The van der Waals surface area contributed by atoms with Gasteiger partial charge < -0.3 is 4.90 Å². The van der Waals surface area contributed by atoms with E-state index in [1.807, 2.05) is 24.3 Å². The van der Waals surface area contributed by atoms with Gasteiger partial charge in [-0.3, -0.25) is 9.69 Å². The van der Waals surface area contributed by atoms with Gasteiger partial charge in [-0.1, -0.05) is 24.3 Å². The fourth-order valence-electron chi connectivity index (χ4n) is 5.65. The molecule has 1 saturated carbocycles. The van der Waals surface area contributed by atoms with Gasteiger partial charge in [0, 0.05) is 55.3 Å². The topological polar surface area (TPSA) is 23.6 Å². The number of piperazine rings is 1. The van der Waals surface area contributed by atoms with Crippen LogP contribution in [-0.2, 0) is 5.41 Å². The van der Waals surface area contributed by atoms with Crippen LogP contribution in [0.2, 0.25) is 0 Å². The van der Waals surface area contributed by atoms with Crippen LogP contribution in [0, 0.1) is 5.82 Å². The predicted octanol–water partition coefficient (Wildman–Crippen LogP) is 4.41. The Morgan fingerprint density at radius 2 is 1.57 bits per heavy atom. The van der Waals surface area contributed by atoms with Gasteiger partial charge in [0.15, 0.2) is 5.78 Å². The first kappa shape index (κ1) is 17.9. The first-order valence-electron chi connectivity index (χ1n) is 10.5. The highest BCUT2D eigenvalue weighted by Crippen LogP contribution is 2.49. The Balaban J connectivity index is 1.21. The van der Waals surface area contributed by atoms with E-state index in [-0.39, 0.29) is 11.2 Å². The summed E-state index contributed by atoms with van der Waals surface area (Å²) in [5.74, 6) is 0.160. The number of benzene rings is 2. The molecular weight excluding hydrogens is 351 g/mol. The maximum Gasteiger partial charge on any atom is 0.164 e. The van der Waals surface area contributed by atoms with Gasteiger partial charge in [-0.25, -0.2) is 4.39 Å². The maximum absolute atomic E-state index is 13.2. The first-order chi connectivity index (χ1) is 13.6. The standard InChI is InChI=1S/C24H27FN2O/c25-18-5-7-19(8-6-18)26-13-15-27(16-14-26)20-9-11-24(12-10-20)17-23(28)21-3-1-2-4-22(21)24/h1-8,20H,9-17H2/t20-,24-. The lowest BCUT2D eigenvalue weighted by atomic mass is 9.68. The van der Waals surface area contributed by atoms with Gasteiger partial charge in [0.25, 0.3) is 0 Å². The summed E-state index contributed by atoms with van der Waals surface area (Å²) < 4.78 is 13.2. The van der Waals surface area contributed by atoms with Crippen molar-refractivity contribution in [3.05, 3.63) is 65.5 Å². The predicted molar refractivity (Wildman–Crippen MR) is 110 cm³/mol. The second-order valence-electron chi connectivity index (χ2n) is 8.66. The third-order valence-corrected chi connectivity index (χ3v) is 7.23. The summed E-state index contributed by atoms with van der Waals surface area (Å²) in [5, 5.41) is 0. The minimum Gasteiger partial charge on any atom is -0.369 e. The normalized spacial score (nSPS) is 28.0. The van der Waals surface area contributed by atoms with Crippen molar-refractivity contribution in [3.63, 3.8) is 0 Å². The number of halogens is 1. The quantitative estimate of drug-likeness (QED) is 0.773. The van der Waals surface area contributed by atoms with Gasteiger partial charge in [-0.05, 0) is 55.5 Å². The van der Waals surface area contributed by atoms with E-state index < -0.39 is 0 Å². The van der Waals surface area contributed by atoms with Crippen molar-refractivity contribution in [3.8, 4) is 0 Å². The zero-order chi connectivity index (χ0) is 19.1. The molecule has 2 aromatic carbocycles. The number of hydrogen-bond donors (Lipinski definition) is 0. The number of hydrogen-bond acceptors (Lipinski definition) is 3. The summed E-state index contributed by atoms with van der Waals surface area (Å²) >= 11 is 0. The van der Waals surface area contributed by atoms with Gasteiger partial charge in [0.1, 0.15) is 5.82 Å². The minimum atomic E-state index is -0.175. The van der Waals surface area contributed by atoms with Crippen molar-refractivity contribution in [2.45, 2.75) is 43.6 Å². The van der Waals surface area contributed by atoms with Gasteiger partial charge in [0.05, 0.1) is 0 Å². The molecule has 3 aliphatic rings. The number of fused-ring (bicyclic) bond motifs is 2. The van der Waals surface area contributed by atoms with Crippen LogP contribution in [0.3, 0.4) is 0 Å². The van der Waals surface area contributed by atoms with Crippen LogP contribution in [0.25, 0.3) is 0 Å². The first-order valence-corrected chi connectivity index (χ1v) is 10.5. The molecule has 0 aromatic heterocycles. The number of Topliss-reactive ketones (excluding diaryl/α,β-unsaturated/α-hetero) is 1. The summed E-state index contributed by atoms with van der Waals surface area (Å²) in [4.78, 5) is 17.5. The van der Waals surface area contributed by atoms with E-state index >= 15 is 0 Å². The van der Waals surface area contributed by atoms with Crippen LogP contribution < -0.4 is 4.90 Å². The van der Waals surface area contributed by atoms with Crippen LogP contribution in [0.1, 0.15) is 48.0 Å². The van der Waals surface area contributed by atoms with Gasteiger partial charge in [0.2, 0.25) is 0 Å². The van der Waals surface area contributed by atoms with Crippen LogP contribution in [0.5, 0.6) is 0 Å². The second-order valence-corrected chi connectivity index (χ2v) is 8.66. The number of nitrogens with zero attached hydrogens (tertiary/aromatic N) is 2. The third-order valence-electron chi connectivity index (χ3n) is 7.23. The summed E-state index contributed by atoms with van der Waals surface area (Å²) in [7, 11) is 0. The van der Waals surface area contributed by atoms with Crippen molar-refractivity contribution < 1.29 is 9.18 Å². The molecule has 0 N–H and O–H groups in total. The number of ketones is 1. The van der Waals surface area contributed by atoms with Crippen LogP contribution in [0.15, 0.2) is 48.5 Å². The van der Waals surface area contributed by atoms with Crippen molar-refractivity contribution in [2.24, 2.45) is 0 Å². The molecule has 2 aromatic rings. The lowest BCUT2D eigenvalue weighted by Gasteiger charge is -2.45. The highest BCUT2D eigenvalue weighted by molar-refractivity contribution is 6.02. The summed E-state index contributed by atoms with van der Waals surface area (Å²) in [6, 6.07) is 15.7. The van der Waals surface area contributed by atoms with E-state index in [9.17, 15) is 9.18 Å². The molecule has 2 fully saturated rings. The SMILES string of the molecule is O=C1C[C@]2(CC[C@@H](N3CCN(c4ccc(F)cc4)CC3)CC2)c2ccccc21. The van der Waals surface area contributed by atoms with Crippen molar-refractivity contribution >= 4 is 11.5 Å². The Morgan fingerprint density at radius 3 is 2.29 bits per heavy atom. The zero-order valence-electron chi connectivity index (χ0n) is 16.2. The van der Waals surface area contributed by atoms with Crippen LogP contribution >= 0.6 is 0 Å². The largest absolute Gasteiger partial charge is 0.369 e. The molecule has 0 radical (unpaired) electrons. The molecule has 0 unspecified atom stereocenters.